The topological polar surface area (TPSA) is 61.4 Å². The second-order valence-electron chi connectivity index (χ2n) is 5.47. The fourth-order valence-corrected chi connectivity index (χ4v) is 2.63. The highest BCUT2D eigenvalue weighted by molar-refractivity contribution is 5.74. The van der Waals surface area contributed by atoms with Crippen LogP contribution in [0.1, 0.15) is 5.69 Å². The second-order valence-corrected chi connectivity index (χ2v) is 5.47. The lowest BCUT2D eigenvalue weighted by Crippen LogP contribution is -2.52. The van der Waals surface area contributed by atoms with Gasteiger partial charge in [-0.25, -0.2) is 9.78 Å². The molecule has 2 aromatic heterocycles. The third kappa shape index (κ3) is 4.18. The van der Waals surface area contributed by atoms with Crippen LogP contribution in [0.5, 0.6) is 0 Å². The van der Waals surface area contributed by atoms with Gasteiger partial charge in [0.05, 0.1) is 0 Å². The van der Waals surface area contributed by atoms with Crippen LogP contribution in [0.4, 0.5) is 10.6 Å². The van der Waals surface area contributed by atoms with Crippen LogP contribution in [0.2, 0.25) is 0 Å². The molecule has 1 saturated heterocycles. The summed E-state index contributed by atoms with van der Waals surface area (Å²) in [5.74, 6) is 0.975. The van der Waals surface area contributed by atoms with Gasteiger partial charge in [0.1, 0.15) is 5.82 Å². The average Bonchev–Trinajstić information content (AvgIpc) is 2.63. The van der Waals surface area contributed by atoms with Gasteiger partial charge in [-0.1, -0.05) is 12.1 Å². The van der Waals surface area contributed by atoms with E-state index in [0.717, 1.165) is 31.0 Å². The number of pyridine rings is 2. The summed E-state index contributed by atoms with van der Waals surface area (Å²) in [7, 11) is 0. The number of carbonyl (C=O) groups excluding carboxylic acids is 1. The molecule has 0 atom stereocenters. The average molecular weight is 311 g/mol. The van der Waals surface area contributed by atoms with Crippen LogP contribution in [-0.2, 0) is 6.42 Å². The smallest absolute Gasteiger partial charge is 0.317 e. The number of carbonyl (C=O) groups is 1. The minimum Gasteiger partial charge on any atom is -0.353 e. The van der Waals surface area contributed by atoms with Gasteiger partial charge in [-0.05, 0) is 24.3 Å². The van der Waals surface area contributed by atoms with Gasteiger partial charge in [0, 0.05) is 57.2 Å². The Hall–Kier alpha value is -2.63. The van der Waals surface area contributed by atoms with Gasteiger partial charge in [-0.2, -0.15) is 0 Å². The van der Waals surface area contributed by atoms with Crippen molar-refractivity contribution < 1.29 is 4.79 Å². The maximum absolute atomic E-state index is 12.2. The van der Waals surface area contributed by atoms with Crippen molar-refractivity contribution in [2.24, 2.45) is 0 Å². The van der Waals surface area contributed by atoms with Crippen LogP contribution in [0.25, 0.3) is 0 Å². The SMILES string of the molecule is O=C(NCCc1ccccn1)N1CCN(c2ccccn2)CC1. The first-order valence-electron chi connectivity index (χ1n) is 7.91. The Labute approximate surface area is 136 Å². The molecular formula is C17H21N5O. The number of hydrogen-bond donors (Lipinski definition) is 1. The van der Waals surface area contributed by atoms with Crippen molar-refractivity contribution in [3.63, 3.8) is 0 Å². The van der Waals surface area contributed by atoms with Gasteiger partial charge in [0.15, 0.2) is 0 Å². The molecule has 6 nitrogen and oxygen atoms in total. The summed E-state index contributed by atoms with van der Waals surface area (Å²) in [6, 6.07) is 11.7. The van der Waals surface area contributed by atoms with Crippen molar-refractivity contribution in [1.82, 2.24) is 20.2 Å². The Morgan fingerprint density at radius 3 is 2.39 bits per heavy atom. The van der Waals surface area contributed by atoms with E-state index in [1.165, 1.54) is 0 Å². The quantitative estimate of drug-likeness (QED) is 0.930. The zero-order valence-electron chi connectivity index (χ0n) is 13.1. The number of amides is 2. The number of anilines is 1. The first kappa shape index (κ1) is 15.3. The van der Waals surface area contributed by atoms with Crippen molar-refractivity contribution in [3.8, 4) is 0 Å². The predicted molar refractivity (Wildman–Crippen MR) is 89.4 cm³/mol. The lowest BCUT2D eigenvalue weighted by atomic mass is 10.3. The molecule has 0 unspecified atom stereocenters. The fourth-order valence-electron chi connectivity index (χ4n) is 2.63. The van der Waals surface area contributed by atoms with Gasteiger partial charge < -0.3 is 15.1 Å². The predicted octanol–water partition coefficient (Wildman–Crippen LogP) is 1.55. The Bertz CT molecular complexity index is 611. The summed E-state index contributed by atoms with van der Waals surface area (Å²) in [5, 5.41) is 2.97. The molecule has 0 aromatic carbocycles. The molecule has 0 aliphatic carbocycles. The van der Waals surface area contributed by atoms with Gasteiger partial charge in [0.2, 0.25) is 0 Å². The standard InChI is InChI=1S/C17H21N5O/c23-17(20-10-7-15-5-1-3-8-18-15)22-13-11-21(12-14-22)16-6-2-4-9-19-16/h1-6,8-9H,7,10-14H2,(H,20,23). The highest BCUT2D eigenvalue weighted by Gasteiger charge is 2.21. The molecule has 0 spiro atoms. The van der Waals surface area contributed by atoms with E-state index in [1.807, 2.05) is 41.3 Å². The molecule has 0 saturated carbocycles. The molecule has 1 N–H and O–H groups in total. The zero-order valence-corrected chi connectivity index (χ0v) is 13.1. The number of nitrogens with zero attached hydrogens (tertiary/aromatic N) is 4. The van der Waals surface area contributed by atoms with Crippen LogP contribution in [0.15, 0.2) is 48.8 Å². The summed E-state index contributed by atoms with van der Waals surface area (Å²) in [6.07, 6.45) is 4.32. The van der Waals surface area contributed by atoms with E-state index in [0.29, 0.717) is 19.6 Å². The Balaban J connectivity index is 1.41. The van der Waals surface area contributed by atoms with Crippen LogP contribution >= 0.6 is 0 Å². The van der Waals surface area contributed by atoms with Crippen molar-refractivity contribution in [2.45, 2.75) is 6.42 Å². The third-order valence-electron chi connectivity index (χ3n) is 3.92. The molecule has 2 amide bonds. The molecular weight excluding hydrogens is 290 g/mol. The summed E-state index contributed by atoms with van der Waals surface area (Å²) >= 11 is 0. The van der Waals surface area contributed by atoms with Crippen molar-refractivity contribution in [1.29, 1.82) is 0 Å². The van der Waals surface area contributed by atoms with E-state index >= 15 is 0 Å². The maximum atomic E-state index is 12.2. The second kappa shape index (κ2) is 7.58. The maximum Gasteiger partial charge on any atom is 0.317 e. The third-order valence-corrected chi connectivity index (χ3v) is 3.92. The largest absolute Gasteiger partial charge is 0.353 e. The molecule has 6 heteroatoms. The van der Waals surface area contributed by atoms with Crippen molar-refractivity contribution in [2.75, 3.05) is 37.6 Å². The van der Waals surface area contributed by atoms with Gasteiger partial charge >= 0.3 is 6.03 Å². The monoisotopic (exact) mass is 311 g/mol. The highest BCUT2D eigenvalue weighted by atomic mass is 16.2. The molecule has 1 aliphatic heterocycles. The minimum absolute atomic E-state index is 0.00148. The summed E-state index contributed by atoms with van der Waals surface area (Å²) in [5.41, 5.74) is 0.993. The highest BCUT2D eigenvalue weighted by Crippen LogP contribution is 2.12. The molecule has 1 aliphatic rings. The van der Waals surface area contributed by atoms with E-state index in [9.17, 15) is 4.79 Å². The van der Waals surface area contributed by atoms with Crippen molar-refractivity contribution in [3.05, 3.63) is 54.5 Å². The number of rotatable bonds is 4. The van der Waals surface area contributed by atoms with E-state index in [-0.39, 0.29) is 6.03 Å². The van der Waals surface area contributed by atoms with Gasteiger partial charge in [0.25, 0.3) is 0 Å². The Morgan fingerprint density at radius 2 is 1.74 bits per heavy atom. The van der Waals surface area contributed by atoms with Crippen LogP contribution in [-0.4, -0.2) is 53.6 Å². The fraction of sp³-hybridized carbons (Fsp3) is 0.353. The van der Waals surface area contributed by atoms with Crippen molar-refractivity contribution >= 4 is 11.8 Å². The number of hydrogen-bond acceptors (Lipinski definition) is 4. The number of nitrogens with one attached hydrogen (secondary N) is 1. The normalized spacial score (nSPS) is 14.6. The molecule has 23 heavy (non-hydrogen) atoms. The first-order chi connectivity index (χ1) is 11.3. The number of piperazine rings is 1. The van der Waals surface area contributed by atoms with Gasteiger partial charge in [-0.3, -0.25) is 4.98 Å². The molecule has 120 valence electrons. The van der Waals surface area contributed by atoms with Crippen LogP contribution in [0.3, 0.4) is 0 Å². The van der Waals surface area contributed by atoms with E-state index in [2.05, 4.69) is 20.2 Å². The molecule has 0 radical (unpaired) electrons. The minimum atomic E-state index is 0.00148. The summed E-state index contributed by atoms with van der Waals surface area (Å²) in [6.45, 7) is 3.66. The van der Waals surface area contributed by atoms with E-state index in [1.54, 1.807) is 12.4 Å². The summed E-state index contributed by atoms with van der Waals surface area (Å²) < 4.78 is 0. The summed E-state index contributed by atoms with van der Waals surface area (Å²) in [4.78, 5) is 24.9. The number of urea groups is 1. The first-order valence-corrected chi connectivity index (χ1v) is 7.91. The lowest BCUT2D eigenvalue weighted by Gasteiger charge is -2.35. The zero-order chi connectivity index (χ0) is 15.9. The van der Waals surface area contributed by atoms with Gasteiger partial charge in [-0.15, -0.1) is 0 Å². The lowest BCUT2D eigenvalue weighted by molar-refractivity contribution is 0.194. The van der Waals surface area contributed by atoms with Crippen LogP contribution in [0, 0.1) is 0 Å². The molecule has 2 aromatic rings. The number of aromatic nitrogens is 2. The Kier molecular flexibility index (Phi) is 5.03. The molecule has 3 heterocycles. The van der Waals surface area contributed by atoms with E-state index in [4.69, 9.17) is 0 Å². The van der Waals surface area contributed by atoms with Crippen LogP contribution < -0.4 is 10.2 Å². The Morgan fingerprint density at radius 1 is 1.00 bits per heavy atom. The molecule has 1 fully saturated rings. The molecule has 3 rings (SSSR count). The van der Waals surface area contributed by atoms with E-state index < -0.39 is 0 Å². The molecule has 0 bridgehead atoms.